The van der Waals surface area contributed by atoms with E-state index in [-0.39, 0.29) is 37.2 Å². The Bertz CT molecular complexity index is 936. The van der Waals surface area contributed by atoms with E-state index in [0.717, 1.165) is 12.1 Å². The highest BCUT2D eigenvalue weighted by atomic mass is 19.4. The van der Waals surface area contributed by atoms with Gasteiger partial charge in [0, 0.05) is 31.3 Å². The number of ether oxygens (including phenoxy) is 2. The Morgan fingerprint density at radius 3 is 2.27 bits per heavy atom. The van der Waals surface area contributed by atoms with Crippen LogP contribution in [0.25, 0.3) is 0 Å². The Kier molecular flexibility index (Phi) is 7.51. The third-order valence-electron chi connectivity index (χ3n) is 5.43. The predicted octanol–water partition coefficient (Wildman–Crippen LogP) is 5.05. The third kappa shape index (κ3) is 6.16. The van der Waals surface area contributed by atoms with Crippen molar-refractivity contribution >= 4 is 11.9 Å². The molecule has 2 atom stereocenters. The summed E-state index contributed by atoms with van der Waals surface area (Å²) in [7, 11) is 0. The van der Waals surface area contributed by atoms with Crippen molar-refractivity contribution in [3.05, 3.63) is 53.3 Å². The van der Waals surface area contributed by atoms with E-state index in [1.54, 1.807) is 11.8 Å². The monoisotopic (exact) mass is 473 g/mol. The number of carbonyl (C=O) groups excluding carboxylic acids is 1. The van der Waals surface area contributed by atoms with Gasteiger partial charge in [-0.2, -0.15) is 22.0 Å². The van der Waals surface area contributed by atoms with Crippen LogP contribution in [0, 0.1) is 0 Å². The summed E-state index contributed by atoms with van der Waals surface area (Å²) in [6.07, 6.45) is -5.32. The summed E-state index contributed by atoms with van der Waals surface area (Å²) in [6.45, 7) is 3.12. The van der Waals surface area contributed by atoms with Gasteiger partial charge < -0.3 is 14.4 Å². The van der Waals surface area contributed by atoms with E-state index >= 15 is 0 Å². The van der Waals surface area contributed by atoms with Gasteiger partial charge in [0.25, 0.3) is 0 Å². The molecule has 1 aliphatic rings. The zero-order valence-electron chi connectivity index (χ0n) is 18.1. The van der Waals surface area contributed by atoms with Crippen molar-refractivity contribution in [1.29, 1.82) is 0 Å². The lowest BCUT2D eigenvalue weighted by molar-refractivity contribution is -0.241. The first-order chi connectivity index (χ1) is 15.5. The molecule has 33 heavy (non-hydrogen) atoms. The van der Waals surface area contributed by atoms with Crippen molar-refractivity contribution in [1.82, 2.24) is 9.97 Å². The lowest BCUT2D eigenvalue weighted by Crippen LogP contribution is -2.37. The predicted molar refractivity (Wildman–Crippen MR) is 109 cm³/mol. The second-order valence-electron chi connectivity index (χ2n) is 7.65. The van der Waals surface area contributed by atoms with Gasteiger partial charge in [0.05, 0.1) is 30.4 Å². The maximum atomic E-state index is 13.7. The summed E-state index contributed by atoms with van der Waals surface area (Å²) in [6, 6.07) is 4.24. The molecule has 1 saturated heterocycles. The minimum Gasteiger partial charge on any atom is -0.462 e. The van der Waals surface area contributed by atoms with Crippen LogP contribution in [-0.2, 0) is 15.7 Å². The maximum Gasteiger partial charge on any atom is 0.416 e. The normalized spacial score (nSPS) is 19.1. The minimum atomic E-state index is -4.45. The third-order valence-corrected chi connectivity index (χ3v) is 5.43. The van der Waals surface area contributed by atoms with Gasteiger partial charge >= 0.3 is 18.3 Å². The van der Waals surface area contributed by atoms with Gasteiger partial charge in [0.2, 0.25) is 5.95 Å². The van der Waals surface area contributed by atoms with E-state index in [1.807, 2.05) is 0 Å². The maximum absolute atomic E-state index is 13.7. The van der Waals surface area contributed by atoms with Crippen LogP contribution in [-0.4, -0.2) is 47.8 Å². The molecule has 2 aromatic rings. The van der Waals surface area contributed by atoms with E-state index in [9.17, 15) is 26.7 Å². The summed E-state index contributed by atoms with van der Waals surface area (Å²) in [5.41, 5.74) is 0.0201. The summed E-state index contributed by atoms with van der Waals surface area (Å²) < 4.78 is 75.7. The average molecular weight is 473 g/mol. The highest BCUT2D eigenvalue weighted by Gasteiger charge is 2.38. The minimum absolute atomic E-state index is 0.143. The van der Waals surface area contributed by atoms with Crippen molar-refractivity contribution in [3.8, 4) is 0 Å². The molecule has 1 aromatic heterocycles. The van der Waals surface area contributed by atoms with Crippen LogP contribution >= 0.6 is 0 Å². The zero-order valence-corrected chi connectivity index (χ0v) is 18.1. The number of rotatable bonds is 8. The lowest BCUT2D eigenvalue weighted by atomic mass is 9.95. The van der Waals surface area contributed by atoms with E-state index in [2.05, 4.69) is 9.97 Å². The Morgan fingerprint density at radius 2 is 1.73 bits per heavy atom. The first-order valence-electron chi connectivity index (χ1n) is 10.5. The highest BCUT2D eigenvalue weighted by Crippen LogP contribution is 2.36. The summed E-state index contributed by atoms with van der Waals surface area (Å²) >= 11 is 0. The molecule has 0 aliphatic carbocycles. The van der Waals surface area contributed by atoms with E-state index in [0.29, 0.717) is 12.0 Å². The van der Waals surface area contributed by atoms with E-state index in [4.69, 9.17) is 9.47 Å². The number of carbonyl (C=O) groups is 1. The fraction of sp³-hybridized carbons (Fsp3) is 0.500. The van der Waals surface area contributed by atoms with Gasteiger partial charge in [-0.05, 0) is 31.0 Å². The molecule has 6 nitrogen and oxygen atoms in total. The number of hydrogen-bond donors (Lipinski definition) is 0. The molecule has 0 spiro atoms. The highest BCUT2D eigenvalue weighted by molar-refractivity contribution is 5.88. The first kappa shape index (κ1) is 24.8. The Labute approximate surface area is 187 Å². The molecule has 0 saturated carbocycles. The second-order valence-corrected chi connectivity index (χ2v) is 7.65. The first-order valence-corrected chi connectivity index (χ1v) is 10.5. The summed E-state index contributed by atoms with van der Waals surface area (Å²) in [4.78, 5) is 21.8. The van der Waals surface area contributed by atoms with Gasteiger partial charge in [-0.25, -0.2) is 14.8 Å². The number of alkyl halides is 5. The van der Waals surface area contributed by atoms with Gasteiger partial charge in [-0.1, -0.05) is 19.1 Å². The van der Waals surface area contributed by atoms with Crippen molar-refractivity contribution in [2.45, 2.75) is 50.9 Å². The molecule has 1 aromatic carbocycles. The van der Waals surface area contributed by atoms with E-state index in [1.165, 1.54) is 31.5 Å². The topological polar surface area (TPSA) is 64.5 Å². The molecule has 0 N–H and O–H groups in total. The van der Waals surface area contributed by atoms with Crippen LogP contribution in [0.2, 0.25) is 0 Å². The van der Waals surface area contributed by atoms with Gasteiger partial charge in [-0.3, -0.25) is 0 Å². The number of nitrogens with zero attached hydrogens (tertiary/aromatic N) is 3. The van der Waals surface area contributed by atoms with Gasteiger partial charge in [0.1, 0.15) is 0 Å². The van der Waals surface area contributed by atoms with E-state index < -0.39 is 36.3 Å². The Morgan fingerprint density at radius 1 is 1.09 bits per heavy atom. The van der Waals surface area contributed by atoms with Crippen molar-refractivity contribution in [3.63, 3.8) is 0 Å². The van der Waals surface area contributed by atoms with Gasteiger partial charge in [-0.15, -0.1) is 0 Å². The molecule has 2 heterocycles. The van der Waals surface area contributed by atoms with Crippen LogP contribution in [0.15, 0.2) is 36.7 Å². The summed E-state index contributed by atoms with van der Waals surface area (Å²) in [5, 5.41) is 0. The van der Waals surface area contributed by atoms with Gasteiger partial charge in [0.15, 0.2) is 0 Å². The average Bonchev–Trinajstić information content (AvgIpc) is 3.22. The molecule has 11 heteroatoms. The Balaban J connectivity index is 1.82. The van der Waals surface area contributed by atoms with Crippen LogP contribution in [0.5, 0.6) is 0 Å². The van der Waals surface area contributed by atoms with Crippen molar-refractivity contribution in [2.24, 2.45) is 0 Å². The quantitative estimate of drug-likeness (QED) is 0.395. The molecule has 0 radical (unpaired) electrons. The fourth-order valence-electron chi connectivity index (χ4n) is 3.61. The standard InChI is InChI=1S/C22H24F5N3O3/c1-3-21(23,24)33-13-18-9-15(14-5-7-17(8-6-14)22(25,26)27)12-30(18)20-28-10-16(11-29-20)19(31)32-4-2/h5-8,10-11,15,18H,3-4,9,12-13H2,1-2H3/t15?,18-/m0/s1. The fourth-order valence-corrected chi connectivity index (χ4v) is 3.61. The molecule has 0 amide bonds. The number of esters is 1. The van der Waals surface area contributed by atoms with Crippen molar-refractivity contribution in [2.75, 3.05) is 24.7 Å². The molecule has 3 rings (SSSR count). The molecule has 1 fully saturated rings. The number of benzene rings is 1. The molecule has 1 unspecified atom stereocenters. The molecule has 0 bridgehead atoms. The molecular weight excluding hydrogens is 449 g/mol. The van der Waals surface area contributed by atoms with Crippen LogP contribution < -0.4 is 4.90 Å². The second kappa shape index (κ2) is 9.98. The lowest BCUT2D eigenvalue weighted by Gasteiger charge is -2.26. The number of hydrogen-bond acceptors (Lipinski definition) is 6. The molecule has 1 aliphatic heterocycles. The van der Waals surface area contributed by atoms with Crippen molar-refractivity contribution < 1.29 is 36.2 Å². The Hall–Kier alpha value is -2.82. The molecule has 180 valence electrons. The van der Waals surface area contributed by atoms with Crippen LogP contribution in [0.4, 0.5) is 27.9 Å². The molecular formula is C22H24F5N3O3. The number of anilines is 1. The largest absolute Gasteiger partial charge is 0.462 e. The number of halogens is 5. The van der Waals surface area contributed by atoms with Crippen LogP contribution in [0.3, 0.4) is 0 Å². The smallest absolute Gasteiger partial charge is 0.416 e. The SMILES string of the molecule is CCOC(=O)c1cnc(N2CC(c3ccc(C(F)(F)F)cc3)C[C@H]2COC(F)(F)CC)nc1. The zero-order chi connectivity index (χ0) is 24.2. The van der Waals surface area contributed by atoms with Crippen LogP contribution in [0.1, 0.15) is 54.1 Å². The number of aromatic nitrogens is 2. The summed E-state index contributed by atoms with van der Waals surface area (Å²) in [5.74, 6) is -0.633.